The van der Waals surface area contributed by atoms with Gasteiger partial charge in [0.1, 0.15) is 5.82 Å². The molecule has 3 fully saturated rings. The Morgan fingerprint density at radius 1 is 0.800 bits per heavy atom. The predicted octanol–water partition coefficient (Wildman–Crippen LogP) is 10.9. The van der Waals surface area contributed by atoms with Crippen LogP contribution in [0.1, 0.15) is 139 Å². The monoisotopic (exact) mass is 488 g/mol. The molecule has 1 aromatic rings. The van der Waals surface area contributed by atoms with Crippen LogP contribution in [-0.4, -0.2) is 0 Å². The van der Waals surface area contributed by atoms with Gasteiger partial charge < -0.3 is 0 Å². The van der Waals surface area contributed by atoms with E-state index in [9.17, 15) is 8.78 Å². The number of rotatable bonds is 8. The van der Waals surface area contributed by atoms with Gasteiger partial charge in [-0.05, 0) is 111 Å². The summed E-state index contributed by atoms with van der Waals surface area (Å²) in [7, 11) is 0. The van der Waals surface area contributed by atoms with E-state index in [1.807, 2.05) is 6.07 Å². The molecule has 196 valence electrons. The molecule has 3 aliphatic rings. The summed E-state index contributed by atoms with van der Waals surface area (Å²) in [6, 6.07) is 3.58. The first-order chi connectivity index (χ1) is 17.0. The Morgan fingerprint density at radius 2 is 1.40 bits per heavy atom. The summed E-state index contributed by atoms with van der Waals surface area (Å²) in [6.07, 6.45) is 19.1. The van der Waals surface area contributed by atoms with Crippen LogP contribution in [0.5, 0.6) is 0 Å². The number of hydrogen-bond acceptors (Lipinski definition) is 0. The molecule has 0 spiro atoms. The van der Waals surface area contributed by atoms with Crippen molar-refractivity contribution in [3.63, 3.8) is 0 Å². The lowest BCUT2D eigenvalue weighted by Gasteiger charge is -2.38. The van der Waals surface area contributed by atoms with Crippen LogP contribution in [0.2, 0.25) is 0 Å². The molecule has 0 aliphatic heterocycles. The standard InChI is InChI=1S/C32H47F3/c1-3-5-23-6-8-24(9-7-23)12-15-28-20-21-29(31(33)30(28)32(34)35)27-18-16-26(17-19-27)25-13-10-22(4-2)11-14-25/h12,15,20-27,32H,3-11,13-14,16-19H2,1-2H3/b15-12+. The molecule has 3 saturated carbocycles. The molecule has 0 heterocycles. The Morgan fingerprint density at radius 3 is 1.97 bits per heavy atom. The molecule has 4 rings (SSSR count). The third-order valence-electron chi connectivity index (χ3n) is 9.94. The largest absolute Gasteiger partial charge is 0.267 e. The zero-order chi connectivity index (χ0) is 24.8. The van der Waals surface area contributed by atoms with Crippen LogP contribution in [0.15, 0.2) is 18.2 Å². The SMILES string of the molecule is CCCC1CCC(/C=C/c2ccc(C3CCC(C4CCC(CC)CC4)CC3)c(F)c2C(F)F)CC1. The average Bonchev–Trinajstić information content (AvgIpc) is 2.88. The number of alkyl halides is 2. The molecule has 0 nitrogen and oxygen atoms in total. The summed E-state index contributed by atoms with van der Waals surface area (Å²) in [5.74, 6) is 3.18. The van der Waals surface area contributed by atoms with Crippen LogP contribution >= 0.6 is 0 Å². The van der Waals surface area contributed by atoms with Crippen LogP contribution in [0.4, 0.5) is 13.2 Å². The third-order valence-corrected chi connectivity index (χ3v) is 9.94. The van der Waals surface area contributed by atoms with Crippen LogP contribution in [0.3, 0.4) is 0 Å². The van der Waals surface area contributed by atoms with Gasteiger partial charge in [-0.25, -0.2) is 13.2 Å². The minimum atomic E-state index is -2.78. The molecule has 0 amide bonds. The Labute approximate surface area is 212 Å². The number of halogens is 3. The first-order valence-corrected chi connectivity index (χ1v) is 14.8. The molecular weight excluding hydrogens is 441 g/mol. The van der Waals surface area contributed by atoms with Crippen LogP contribution in [0.25, 0.3) is 6.08 Å². The second kappa shape index (κ2) is 12.8. The van der Waals surface area contributed by atoms with E-state index < -0.39 is 12.2 Å². The quantitative estimate of drug-likeness (QED) is 0.341. The summed E-state index contributed by atoms with van der Waals surface area (Å²) < 4.78 is 43.5. The van der Waals surface area contributed by atoms with Gasteiger partial charge in [0.05, 0.1) is 5.56 Å². The van der Waals surface area contributed by atoms with Crippen molar-refractivity contribution in [2.75, 3.05) is 0 Å². The van der Waals surface area contributed by atoms with Crippen molar-refractivity contribution in [1.82, 2.24) is 0 Å². The Balaban J connectivity index is 1.38. The average molecular weight is 489 g/mol. The second-order valence-electron chi connectivity index (χ2n) is 12.0. The van der Waals surface area contributed by atoms with E-state index in [1.165, 1.54) is 57.8 Å². The van der Waals surface area contributed by atoms with E-state index in [4.69, 9.17) is 0 Å². The highest BCUT2D eigenvalue weighted by molar-refractivity contribution is 5.56. The van der Waals surface area contributed by atoms with Gasteiger partial charge in [-0.1, -0.05) is 70.2 Å². The van der Waals surface area contributed by atoms with E-state index in [0.717, 1.165) is 62.2 Å². The lowest BCUT2D eigenvalue weighted by molar-refractivity contribution is 0.144. The molecule has 0 unspecified atom stereocenters. The van der Waals surface area contributed by atoms with Crippen molar-refractivity contribution in [1.29, 1.82) is 0 Å². The predicted molar refractivity (Wildman–Crippen MR) is 141 cm³/mol. The topological polar surface area (TPSA) is 0 Å². The third kappa shape index (κ3) is 6.75. The molecular formula is C32H47F3. The molecule has 0 aromatic heterocycles. The molecule has 0 N–H and O–H groups in total. The van der Waals surface area contributed by atoms with Crippen molar-refractivity contribution in [3.05, 3.63) is 40.7 Å². The fourth-order valence-electron chi connectivity index (χ4n) is 7.59. The minimum absolute atomic E-state index is 0.0857. The summed E-state index contributed by atoms with van der Waals surface area (Å²) >= 11 is 0. The Bertz CT molecular complexity index is 804. The van der Waals surface area contributed by atoms with Crippen molar-refractivity contribution < 1.29 is 13.2 Å². The molecule has 1 aromatic carbocycles. The van der Waals surface area contributed by atoms with Crippen molar-refractivity contribution in [2.45, 2.75) is 123 Å². The van der Waals surface area contributed by atoms with Gasteiger partial charge in [-0.3, -0.25) is 0 Å². The van der Waals surface area contributed by atoms with Crippen molar-refractivity contribution >= 4 is 6.08 Å². The van der Waals surface area contributed by atoms with Gasteiger partial charge in [0, 0.05) is 0 Å². The maximum Gasteiger partial charge on any atom is 0.267 e. The smallest absolute Gasteiger partial charge is 0.206 e. The second-order valence-corrected chi connectivity index (χ2v) is 12.0. The molecule has 0 bridgehead atoms. The van der Waals surface area contributed by atoms with Gasteiger partial charge in [-0.2, -0.15) is 0 Å². The molecule has 0 saturated heterocycles. The first kappa shape index (κ1) is 26.8. The minimum Gasteiger partial charge on any atom is -0.206 e. The van der Waals surface area contributed by atoms with Crippen LogP contribution < -0.4 is 0 Å². The van der Waals surface area contributed by atoms with E-state index in [-0.39, 0.29) is 11.5 Å². The molecule has 35 heavy (non-hydrogen) atoms. The lowest BCUT2D eigenvalue weighted by atomic mass is 9.68. The highest BCUT2D eigenvalue weighted by Gasteiger charge is 2.33. The maximum absolute atomic E-state index is 15.5. The molecule has 3 heteroatoms. The summed E-state index contributed by atoms with van der Waals surface area (Å²) in [4.78, 5) is 0. The Kier molecular flexibility index (Phi) is 9.82. The maximum atomic E-state index is 15.5. The normalized spacial score (nSPS) is 32.4. The molecule has 0 atom stereocenters. The van der Waals surface area contributed by atoms with Crippen molar-refractivity contribution in [3.8, 4) is 0 Å². The number of benzene rings is 1. The zero-order valence-corrected chi connectivity index (χ0v) is 22.1. The summed E-state index contributed by atoms with van der Waals surface area (Å²) in [6.45, 7) is 4.54. The lowest BCUT2D eigenvalue weighted by Crippen LogP contribution is -2.25. The highest BCUT2D eigenvalue weighted by atomic mass is 19.3. The van der Waals surface area contributed by atoms with Gasteiger partial charge in [-0.15, -0.1) is 0 Å². The fraction of sp³-hybridized carbons (Fsp3) is 0.750. The van der Waals surface area contributed by atoms with Gasteiger partial charge in [0.2, 0.25) is 0 Å². The van der Waals surface area contributed by atoms with E-state index in [1.54, 1.807) is 12.1 Å². The Hall–Kier alpha value is -1.25. The summed E-state index contributed by atoms with van der Waals surface area (Å²) in [5.41, 5.74) is 0.530. The summed E-state index contributed by atoms with van der Waals surface area (Å²) in [5, 5.41) is 0. The van der Waals surface area contributed by atoms with E-state index >= 15 is 4.39 Å². The zero-order valence-electron chi connectivity index (χ0n) is 22.1. The van der Waals surface area contributed by atoms with Crippen molar-refractivity contribution in [2.24, 2.45) is 29.6 Å². The van der Waals surface area contributed by atoms with Gasteiger partial charge in [0.25, 0.3) is 6.43 Å². The highest BCUT2D eigenvalue weighted by Crippen LogP contribution is 2.45. The van der Waals surface area contributed by atoms with Gasteiger partial charge in [0.15, 0.2) is 0 Å². The van der Waals surface area contributed by atoms with Crippen LogP contribution in [0, 0.1) is 35.4 Å². The van der Waals surface area contributed by atoms with Crippen LogP contribution in [-0.2, 0) is 0 Å². The fourth-order valence-corrected chi connectivity index (χ4v) is 7.59. The van der Waals surface area contributed by atoms with Gasteiger partial charge >= 0.3 is 0 Å². The first-order valence-electron chi connectivity index (χ1n) is 14.8. The van der Waals surface area contributed by atoms with E-state index in [0.29, 0.717) is 17.0 Å². The van der Waals surface area contributed by atoms with E-state index in [2.05, 4.69) is 19.9 Å². The number of allylic oxidation sites excluding steroid dienone is 1. The molecule has 0 radical (unpaired) electrons. The number of hydrogen-bond donors (Lipinski definition) is 0. The molecule has 3 aliphatic carbocycles.